The molecular formula is C20H17FN4OS. The molecule has 1 aromatic carbocycles. The van der Waals surface area contributed by atoms with E-state index in [0.29, 0.717) is 16.4 Å². The van der Waals surface area contributed by atoms with Gasteiger partial charge in [0.1, 0.15) is 17.5 Å². The number of rotatable bonds is 4. The van der Waals surface area contributed by atoms with Crippen molar-refractivity contribution < 1.29 is 9.18 Å². The molecule has 5 nitrogen and oxygen atoms in total. The number of nitriles is 1. The van der Waals surface area contributed by atoms with Gasteiger partial charge >= 0.3 is 0 Å². The second-order valence-corrected chi connectivity index (χ2v) is 6.89. The summed E-state index contributed by atoms with van der Waals surface area (Å²) in [5, 5.41) is 14.3. The van der Waals surface area contributed by atoms with Crippen LogP contribution in [0.3, 0.4) is 0 Å². The summed E-state index contributed by atoms with van der Waals surface area (Å²) >= 11 is 1.30. The number of aryl methyl sites for hydroxylation is 2. The number of hydrogen-bond donors (Lipinski definition) is 1. The fourth-order valence-corrected chi connectivity index (χ4v) is 3.50. The van der Waals surface area contributed by atoms with Crippen molar-refractivity contribution >= 4 is 28.5 Å². The van der Waals surface area contributed by atoms with Crippen LogP contribution in [0.2, 0.25) is 0 Å². The third-order valence-corrected chi connectivity index (χ3v) is 4.94. The maximum absolute atomic E-state index is 14.2. The predicted octanol–water partition coefficient (Wildman–Crippen LogP) is 4.54. The van der Waals surface area contributed by atoms with Crippen molar-refractivity contribution in [3.8, 4) is 11.8 Å². The summed E-state index contributed by atoms with van der Waals surface area (Å²) in [6.07, 6.45) is 1.51. The molecule has 7 heteroatoms. The van der Waals surface area contributed by atoms with E-state index in [2.05, 4.69) is 10.3 Å². The van der Waals surface area contributed by atoms with E-state index in [1.165, 1.54) is 23.5 Å². The second kappa shape index (κ2) is 7.56. The van der Waals surface area contributed by atoms with Crippen molar-refractivity contribution in [3.05, 3.63) is 69.7 Å². The number of halogens is 1. The average molecular weight is 380 g/mol. The van der Waals surface area contributed by atoms with Crippen molar-refractivity contribution in [2.45, 2.75) is 20.8 Å². The third-order valence-electron chi connectivity index (χ3n) is 4.07. The summed E-state index contributed by atoms with van der Waals surface area (Å²) < 4.78 is 15.9. The molecule has 136 valence electrons. The minimum absolute atomic E-state index is 0.0448. The van der Waals surface area contributed by atoms with Gasteiger partial charge in [0, 0.05) is 16.8 Å². The molecule has 0 spiro atoms. The number of hydrogen-bond acceptors (Lipinski definition) is 4. The molecule has 27 heavy (non-hydrogen) atoms. The molecule has 3 aromatic rings. The molecule has 0 aliphatic rings. The van der Waals surface area contributed by atoms with Crippen LogP contribution in [0.4, 0.5) is 9.52 Å². The first-order valence-corrected chi connectivity index (χ1v) is 9.07. The fraction of sp³-hybridized carbons (Fsp3) is 0.150. The number of aromatic nitrogens is 2. The lowest BCUT2D eigenvalue weighted by Gasteiger charge is -2.10. The molecule has 0 saturated heterocycles. The Morgan fingerprint density at radius 1 is 1.33 bits per heavy atom. The first-order chi connectivity index (χ1) is 12.9. The van der Waals surface area contributed by atoms with Gasteiger partial charge in [-0.2, -0.15) is 5.26 Å². The van der Waals surface area contributed by atoms with Gasteiger partial charge in [0.05, 0.1) is 11.4 Å². The quantitative estimate of drug-likeness (QED) is 0.533. The molecule has 2 heterocycles. The number of amides is 1. The van der Waals surface area contributed by atoms with Crippen LogP contribution in [0.5, 0.6) is 0 Å². The van der Waals surface area contributed by atoms with Gasteiger partial charge in [0.25, 0.3) is 5.91 Å². The summed E-state index contributed by atoms with van der Waals surface area (Å²) in [6.45, 7) is 5.49. The third kappa shape index (κ3) is 3.81. The first kappa shape index (κ1) is 18.5. The maximum Gasteiger partial charge on any atom is 0.268 e. The van der Waals surface area contributed by atoms with Gasteiger partial charge < -0.3 is 4.57 Å². The van der Waals surface area contributed by atoms with E-state index in [4.69, 9.17) is 0 Å². The smallest absolute Gasteiger partial charge is 0.268 e. The van der Waals surface area contributed by atoms with Crippen molar-refractivity contribution in [3.63, 3.8) is 0 Å². The Hall–Kier alpha value is -3.24. The largest absolute Gasteiger partial charge is 0.315 e. The summed E-state index contributed by atoms with van der Waals surface area (Å²) in [7, 11) is 0. The van der Waals surface area contributed by atoms with Gasteiger partial charge in [-0.25, -0.2) is 9.37 Å². The minimum Gasteiger partial charge on any atom is -0.315 e. The topological polar surface area (TPSA) is 70.7 Å². The second-order valence-electron chi connectivity index (χ2n) is 6.03. The summed E-state index contributed by atoms with van der Waals surface area (Å²) in [5.41, 5.74) is 3.40. The Bertz CT molecular complexity index is 1090. The molecule has 1 N–H and O–H groups in total. The fourth-order valence-electron chi connectivity index (χ4n) is 2.82. The molecule has 1 amide bonds. The Balaban J connectivity index is 1.96. The number of nitrogens with one attached hydrogen (secondary N) is 1. The zero-order valence-corrected chi connectivity index (χ0v) is 15.9. The van der Waals surface area contributed by atoms with Crippen LogP contribution in [0.25, 0.3) is 11.8 Å². The molecular weight excluding hydrogens is 363 g/mol. The highest BCUT2D eigenvalue weighted by molar-refractivity contribution is 7.13. The standard InChI is InChI=1S/C20H17FN4OS/c1-12-11-27-20(23-12)24-19(26)16(10-22)9-15-8-13(2)25(14(15)3)18-7-5-4-6-17(18)21/h4-9,11H,1-3H3,(H,23,24,26)/b16-9-. The molecule has 0 aliphatic heterocycles. The molecule has 0 saturated carbocycles. The van der Waals surface area contributed by atoms with Crippen molar-refractivity contribution in [2.75, 3.05) is 5.32 Å². The molecule has 0 fully saturated rings. The van der Waals surface area contributed by atoms with Crippen LogP contribution in [-0.4, -0.2) is 15.5 Å². The molecule has 0 radical (unpaired) electrons. The number of nitrogens with zero attached hydrogens (tertiary/aromatic N) is 3. The van der Waals surface area contributed by atoms with E-state index in [-0.39, 0.29) is 11.4 Å². The number of benzene rings is 1. The van der Waals surface area contributed by atoms with Gasteiger partial charge in [-0.3, -0.25) is 10.1 Å². The molecule has 3 rings (SSSR count). The summed E-state index contributed by atoms with van der Waals surface area (Å²) in [6, 6.07) is 10.2. The van der Waals surface area contributed by atoms with Crippen molar-refractivity contribution in [1.82, 2.24) is 9.55 Å². The van der Waals surface area contributed by atoms with Gasteiger partial charge in [-0.05, 0) is 50.6 Å². The van der Waals surface area contributed by atoms with Crippen molar-refractivity contribution in [1.29, 1.82) is 5.26 Å². The van der Waals surface area contributed by atoms with Gasteiger partial charge in [0.15, 0.2) is 5.13 Å². The molecule has 0 aliphatic carbocycles. The SMILES string of the molecule is Cc1csc(NC(=O)/C(C#N)=C\c2cc(C)n(-c3ccccc3F)c2C)n1. The van der Waals surface area contributed by atoms with Crippen LogP contribution >= 0.6 is 11.3 Å². The Morgan fingerprint density at radius 2 is 2.07 bits per heavy atom. The lowest BCUT2D eigenvalue weighted by molar-refractivity contribution is -0.112. The van der Waals surface area contributed by atoms with Crippen LogP contribution in [0.15, 0.2) is 41.3 Å². The Kier molecular flexibility index (Phi) is 5.19. The molecule has 0 unspecified atom stereocenters. The van der Waals surface area contributed by atoms with Crippen LogP contribution in [0, 0.1) is 37.9 Å². The predicted molar refractivity (Wildman–Crippen MR) is 104 cm³/mol. The number of thiazole rings is 1. The molecule has 0 atom stereocenters. The van der Waals surface area contributed by atoms with E-state index < -0.39 is 5.91 Å². The lowest BCUT2D eigenvalue weighted by Crippen LogP contribution is -2.13. The summed E-state index contributed by atoms with van der Waals surface area (Å²) in [4.78, 5) is 16.5. The van der Waals surface area contributed by atoms with Crippen LogP contribution in [0.1, 0.15) is 22.6 Å². The minimum atomic E-state index is -0.525. The Morgan fingerprint density at radius 3 is 2.70 bits per heavy atom. The normalized spacial score (nSPS) is 11.3. The highest BCUT2D eigenvalue weighted by Crippen LogP contribution is 2.25. The highest BCUT2D eigenvalue weighted by Gasteiger charge is 2.16. The molecule has 2 aromatic heterocycles. The lowest BCUT2D eigenvalue weighted by atomic mass is 10.1. The van der Waals surface area contributed by atoms with Gasteiger partial charge in [-0.15, -0.1) is 11.3 Å². The van der Waals surface area contributed by atoms with Gasteiger partial charge in [0.2, 0.25) is 0 Å². The average Bonchev–Trinajstić information content (AvgIpc) is 3.16. The van der Waals surface area contributed by atoms with E-state index in [1.807, 2.05) is 38.3 Å². The van der Waals surface area contributed by atoms with E-state index >= 15 is 0 Å². The van der Waals surface area contributed by atoms with Gasteiger partial charge in [-0.1, -0.05) is 12.1 Å². The number of anilines is 1. The number of para-hydroxylation sites is 1. The Labute approximate surface area is 160 Å². The maximum atomic E-state index is 14.2. The van der Waals surface area contributed by atoms with E-state index in [0.717, 1.165) is 17.1 Å². The summed E-state index contributed by atoms with van der Waals surface area (Å²) in [5.74, 6) is -0.866. The van der Waals surface area contributed by atoms with Crippen LogP contribution < -0.4 is 5.32 Å². The van der Waals surface area contributed by atoms with Crippen LogP contribution in [-0.2, 0) is 4.79 Å². The highest BCUT2D eigenvalue weighted by atomic mass is 32.1. The number of carbonyl (C=O) groups is 1. The first-order valence-electron chi connectivity index (χ1n) is 8.20. The zero-order chi connectivity index (χ0) is 19.6. The molecule has 0 bridgehead atoms. The monoisotopic (exact) mass is 380 g/mol. The van der Waals surface area contributed by atoms with E-state index in [1.54, 1.807) is 22.8 Å². The number of carbonyl (C=O) groups excluding carboxylic acids is 1. The van der Waals surface area contributed by atoms with Crippen molar-refractivity contribution in [2.24, 2.45) is 0 Å². The zero-order valence-electron chi connectivity index (χ0n) is 15.1. The van der Waals surface area contributed by atoms with E-state index in [9.17, 15) is 14.4 Å².